The number of nitriles is 1. The summed E-state index contributed by atoms with van der Waals surface area (Å²) in [5.41, 5.74) is 4.62. The maximum Gasteiger partial charge on any atom is 0.148 e. The molecule has 0 aliphatic rings. The summed E-state index contributed by atoms with van der Waals surface area (Å²) in [5, 5.41) is 9.79. The van der Waals surface area contributed by atoms with Crippen LogP contribution >= 0.6 is 0 Å². The Kier molecular flexibility index (Phi) is 12.9. The maximum atomic E-state index is 9.79. The van der Waals surface area contributed by atoms with Crippen LogP contribution < -0.4 is 9.80 Å². The normalized spacial score (nSPS) is 11.3. The molecule has 0 atom stereocenters. The first-order valence-electron chi connectivity index (χ1n) is 13.4. The lowest BCUT2D eigenvalue weighted by atomic mass is 10.1. The molecule has 4 heteroatoms. The fourth-order valence-corrected chi connectivity index (χ4v) is 3.99. The summed E-state index contributed by atoms with van der Waals surface area (Å²) < 4.78 is 0. The van der Waals surface area contributed by atoms with Gasteiger partial charge in [-0.3, -0.25) is 0 Å². The Morgan fingerprint density at radius 1 is 0.647 bits per heavy atom. The van der Waals surface area contributed by atoms with Gasteiger partial charge in [-0.15, -0.1) is 0 Å². The third-order valence-electron chi connectivity index (χ3n) is 6.19. The summed E-state index contributed by atoms with van der Waals surface area (Å²) in [5.74, 6) is 0. The van der Waals surface area contributed by atoms with Crippen LogP contribution in [0.5, 0.6) is 0 Å². The Labute approximate surface area is 208 Å². The highest BCUT2D eigenvalue weighted by atomic mass is 15.1. The van der Waals surface area contributed by atoms with Crippen molar-refractivity contribution >= 4 is 22.8 Å². The summed E-state index contributed by atoms with van der Waals surface area (Å²) in [4.78, 5) is 9.59. The van der Waals surface area contributed by atoms with E-state index in [0.717, 1.165) is 37.4 Å². The molecule has 0 fully saturated rings. The second-order valence-electron chi connectivity index (χ2n) is 9.02. The van der Waals surface area contributed by atoms with Crippen LogP contribution in [-0.4, -0.2) is 31.9 Å². The molecule has 2 aromatic carbocycles. The SMILES string of the molecule is CCCCN(CCCC)c1ccc(N=C(C#N)c2ccc(N(CCCC)CCCC)cc2)cc1. The number of unbranched alkanes of at least 4 members (excludes halogenated alkanes) is 4. The number of nitrogens with zero attached hydrogens (tertiary/aromatic N) is 4. The zero-order chi connectivity index (χ0) is 24.6. The number of anilines is 2. The first-order valence-corrected chi connectivity index (χ1v) is 13.4. The van der Waals surface area contributed by atoms with Crippen molar-refractivity contribution in [3.63, 3.8) is 0 Å². The van der Waals surface area contributed by atoms with Crippen molar-refractivity contribution in [1.29, 1.82) is 5.26 Å². The van der Waals surface area contributed by atoms with E-state index in [2.05, 4.69) is 72.8 Å². The van der Waals surface area contributed by atoms with Crippen LogP contribution in [0.2, 0.25) is 0 Å². The number of rotatable bonds is 16. The van der Waals surface area contributed by atoms with Crippen LogP contribution in [0.4, 0.5) is 17.1 Å². The van der Waals surface area contributed by atoms with Gasteiger partial charge in [0.2, 0.25) is 0 Å². The maximum absolute atomic E-state index is 9.79. The third-order valence-corrected chi connectivity index (χ3v) is 6.19. The van der Waals surface area contributed by atoms with Gasteiger partial charge in [-0.1, -0.05) is 65.5 Å². The van der Waals surface area contributed by atoms with Crippen LogP contribution in [0, 0.1) is 11.3 Å². The summed E-state index contributed by atoms with van der Waals surface area (Å²) in [7, 11) is 0. The molecule has 2 aromatic rings. The van der Waals surface area contributed by atoms with Gasteiger partial charge < -0.3 is 9.80 Å². The topological polar surface area (TPSA) is 42.6 Å². The molecule has 34 heavy (non-hydrogen) atoms. The molecule has 2 rings (SSSR count). The van der Waals surface area contributed by atoms with Gasteiger partial charge in [0.15, 0.2) is 0 Å². The number of hydrogen-bond acceptors (Lipinski definition) is 4. The average Bonchev–Trinajstić information content (AvgIpc) is 2.88. The van der Waals surface area contributed by atoms with E-state index in [-0.39, 0.29) is 0 Å². The zero-order valence-electron chi connectivity index (χ0n) is 21.9. The molecular formula is C30H44N4. The molecule has 0 heterocycles. The Balaban J connectivity index is 2.16. The van der Waals surface area contributed by atoms with E-state index in [1.165, 1.54) is 62.7 Å². The van der Waals surface area contributed by atoms with E-state index in [1.54, 1.807) is 0 Å². The number of aliphatic imine (C=N–C) groups is 1. The molecule has 0 aromatic heterocycles. The average molecular weight is 461 g/mol. The lowest BCUT2D eigenvalue weighted by Crippen LogP contribution is -2.25. The minimum Gasteiger partial charge on any atom is -0.372 e. The molecule has 0 saturated carbocycles. The quantitative estimate of drug-likeness (QED) is 0.237. The molecule has 184 valence electrons. The molecule has 0 radical (unpaired) electrons. The Morgan fingerprint density at radius 3 is 1.38 bits per heavy atom. The van der Waals surface area contributed by atoms with Gasteiger partial charge in [-0.05, 0) is 62.1 Å². The van der Waals surface area contributed by atoms with Crippen LogP contribution in [0.15, 0.2) is 53.5 Å². The summed E-state index contributed by atoms with van der Waals surface area (Å²) in [6.45, 7) is 13.3. The summed E-state index contributed by atoms with van der Waals surface area (Å²) in [6, 6.07) is 19.0. The lowest BCUT2D eigenvalue weighted by Gasteiger charge is -2.25. The first-order chi connectivity index (χ1) is 16.7. The van der Waals surface area contributed by atoms with Gasteiger partial charge in [-0.2, -0.15) is 5.26 Å². The highest BCUT2D eigenvalue weighted by Crippen LogP contribution is 2.23. The lowest BCUT2D eigenvalue weighted by molar-refractivity contribution is 0.678. The van der Waals surface area contributed by atoms with Gasteiger partial charge >= 0.3 is 0 Å². The van der Waals surface area contributed by atoms with E-state index < -0.39 is 0 Å². The van der Waals surface area contributed by atoms with E-state index >= 15 is 0 Å². The van der Waals surface area contributed by atoms with Crippen molar-refractivity contribution in [2.45, 2.75) is 79.1 Å². The monoisotopic (exact) mass is 460 g/mol. The van der Waals surface area contributed by atoms with Crippen molar-refractivity contribution in [2.75, 3.05) is 36.0 Å². The Hall–Kier alpha value is -2.80. The predicted octanol–water partition coefficient (Wildman–Crippen LogP) is 8.14. The predicted molar refractivity (Wildman–Crippen MR) is 149 cm³/mol. The van der Waals surface area contributed by atoms with Crippen LogP contribution in [0.3, 0.4) is 0 Å². The van der Waals surface area contributed by atoms with Gasteiger partial charge in [-0.25, -0.2) is 4.99 Å². The summed E-state index contributed by atoms with van der Waals surface area (Å²) >= 11 is 0. The molecule has 4 nitrogen and oxygen atoms in total. The van der Waals surface area contributed by atoms with Crippen molar-refractivity contribution in [2.24, 2.45) is 4.99 Å². The Morgan fingerprint density at radius 2 is 1.03 bits per heavy atom. The largest absolute Gasteiger partial charge is 0.372 e. The number of hydrogen-bond donors (Lipinski definition) is 0. The summed E-state index contributed by atoms with van der Waals surface area (Å²) in [6.07, 6.45) is 9.58. The van der Waals surface area contributed by atoms with Crippen molar-refractivity contribution in [3.8, 4) is 6.07 Å². The molecular weight excluding hydrogens is 416 g/mol. The van der Waals surface area contributed by atoms with Gasteiger partial charge in [0.1, 0.15) is 11.8 Å². The second kappa shape index (κ2) is 15.9. The van der Waals surface area contributed by atoms with Crippen molar-refractivity contribution in [1.82, 2.24) is 0 Å². The molecule has 0 N–H and O–H groups in total. The molecule has 0 aliphatic carbocycles. The highest BCUT2D eigenvalue weighted by molar-refractivity contribution is 6.12. The van der Waals surface area contributed by atoms with Crippen LogP contribution in [0.1, 0.15) is 84.6 Å². The second-order valence-corrected chi connectivity index (χ2v) is 9.02. The van der Waals surface area contributed by atoms with E-state index in [4.69, 9.17) is 0 Å². The standard InChI is InChI=1S/C30H44N4/c1-5-9-21-33(22-10-6-2)28-17-13-26(14-18-28)30(25-31)32-27-15-19-29(20-16-27)34(23-11-7-3)24-12-8-4/h13-20H,5-12,21-24H2,1-4H3. The Bertz CT molecular complexity index is 862. The fraction of sp³-hybridized carbons (Fsp3) is 0.533. The highest BCUT2D eigenvalue weighted by Gasteiger charge is 2.09. The molecule has 0 bridgehead atoms. The van der Waals surface area contributed by atoms with Crippen molar-refractivity contribution in [3.05, 3.63) is 54.1 Å². The zero-order valence-corrected chi connectivity index (χ0v) is 21.9. The van der Waals surface area contributed by atoms with Gasteiger partial charge in [0.05, 0.1) is 5.69 Å². The third kappa shape index (κ3) is 8.86. The van der Waals surface area contributed by atoms with Crippen LogP contribution in [-0.2, 0) is 0 Å². The van der Waals surface area contributed by atoms with E-state index in [0.29, 0.717) is 5.71 Å². The minimum absolute atomic E-state index is 0.460. The number of benzene rings is 2. The van der Waals surface area contributed by atoms with E-state index in [1.807, 2.05) is 24.3 Å². The fourth-order valence-electron chi connectivity index (χ4n) is 3.99. The minimum atomic E-state index is 0.460. The molecule has 0 unspecified atom stereocenters. The van der Waals surface area contributed by atoms with Crippen molar-refractivity contribution < 1.29 is 0 Å². The molecule has 0 amide bonds. The molecule has 0 spiro atoms. The molecule has 0 saturated heterocycles. The molecule has 0 aliphatic heterocycles. The van der Waals surface area contributed by atoms with E-state index in [9.17, 15) is 5.26 Å². The smallest absolute Gasteiger partial charge is 0.148 e. The van der Waals surface area contributed by atoms with Gasteiger partial charge in [0, 0.05) is 43.1 Å². The van der Waals surface area contributed by atoms with Gasteiger partial charge in [0.25, 0.3) is 0 Å². The van der Waals surface area contributed by atoms with Crippen LogP contribution in [0.25, 0.3) is 0 Å². The first kappa shape index (κ1) is 27.4.